The van der Waals surface area contributed by atoms with Gasteiger partial charge in [0.05, 0.1) is 3.79 Å². The Labute approximate surface area is 100.0 Å². The molecule has 0 aliphatic heterocycles. The van der Waals surface area contributed by atoms with Gasteiger partial charge in [0.15, 0.2) is 4.75 Å². The Hall–Kier alpha value is -0.400. The van der Waals surface area contributed by atoms with Gasteiger partial charge in [0.2, 0.25) is 9.84 Å². The van der Waals surface area contributed by atoms with Crippen molar-refractivity contribution in [3.63, 3.8) is 0 Å². The molecule has 0 aliphatic rings. The molecular formula is C8H9BrO4S2. The van der Waals surface area contributed by atoms with E-state index in [1.165, 1.54) is 19.9 Å². The molecule has 0 saturated heterocycles. The number of halogens is 1. The first kappa shape index (κ1) is 12.7. The molecular weight excluding hydrogens is 304 g/mol. The quantitative estimate of drug-likeness (QED) is 0.928. The summed E-state index contributed by atoms with van der Waals surface area (Å²) >= 11 is 4.14. The first-order valence-electron chi connectivity index (χ1n) is 3.93. The molecule has 0 aromatic carbocycles. The molecule has 84 valence electrons. The molecule has 0 aliphatic carbocycles. The number of hydrogen-bond donors (Lipinski definition) is 1. The van der Waals surface area contributed by atoms with Crippen LogP contribution in [0.1, 0.15) is 13.8 Å². The number of aliphatic carboxylic acids is 1. The van der Waals surface area contributed by atoms with Crippen molar-refractivity contribution in [3.05, 3.63) is 15.9 Å². The Balaban J connectivity index is 3.32. The summed E-state index contributed by atoms with van der Waals surface area (Å²) in [6.07, 6.45) is 0. The second-order valence-electron chi connectivity index (χ2n) is 3.38. The van der Waals surface area contributed by atoms with E-state index in [9.17, 15) is 13.2 Å². The third-order valence-electron chi connectivity index (χ3n) is 2.00. The maximum absolute atomic E-state index is 11.9. The van der Waals surface area contributed by atoms with E-state index < -0.39 is 20.6 Å². The minimum atomic E-state index is -3.83. The number of sulfone groups is 1. The highest BCUT2D eigenvalue weighted by Crippen LogP contribution is 2.33. The van der Waals surface area contributed by atoms with Gasteiger partial charge in [-0.2, -0.15) is 0 Å². The van der Waals surface area contributed by atoms with Crippen LogP contribution in [-0.4, -0.2) is 24.2 Å². The predicted molar refractivity (Wildman–Crippen MR) is 60.9 cm³/mol. The van der Waals surface area contributed by atoms with Crippen LogP contribution in [0.25, 0.3) is 0 Å². The molecule has 1 heterocycles. The summed E-state index contributed by atoms with van der Waals surface area (Å²) in [7, 11) is -3.83. The molecule has 15 heavy (non-hydrogen) atoms. The van der Waals surface area contributed by atoms with Gasteiger partial charge in [0.25, 0.3) is 0 Å². The second kappa shape index (κ2) is 3.88. The molecule has 0 unspecified atom stereocenters. The zero-order chi connectivity index (χ0) is 11.9. The largest absolute Gasteiger partial charge is 0.480 e. The summed E-state index contributed by atoms with van der Waals surface area (Å²) < 4.78 is 22.7. The number of thiophene rings is 1. The van der Waals surface area contributed by atoms with Gasteiger partial charge in [-0.3, -0.25) is 4.79 Å². The summed E-state index contributed by atoms with van der Waals surface area (Å²) in [4.78, 5) is 10.9. The fourth-order valence-electron chi connectivity index (χ4n) is 0.809. The highest BCUT2D eigenvalue weighted by Gasteiger charge is 2.43. The van der Waals surface area contributed by atoms with E-state index in [-0.39, 0.29) is 4.21 Å². The SMILES string of the molecule is CC(C)(C(=O)O)S(=O)(=O)c1ccc(Br)s1. The number of rotatable bonds is 3. The van der Waals surface area contributed by atoms with E-state index in [0.29, 0.717) is 3.79 Å². The van der Waals surface area contributed by atoms with Gasteiger partial charge in [-0.1, -0.05) is 0 Å². The van der Waals surface area contributed by atoms with Gasteiger partial charge in [0, 0.05) is 0 Å². The molecule has 1 aromatic rings. The minimum Gasteiger partial charge on any atom is -0.480 e. The van der Waals surface area contributed by atoms with Gasteiger partial charge in [-0.25, -0.2) is 8.42 Å². The Morgan fingerprint density at radius 3 is 2.33 bits per heavy atom. The lowest BCUT2D eigenvalue weighted by Crippen LogP contribution is -2.40. The Morgan fingerprint density at radius 2 is 2.00 bits per heavy atom. The van der Waals surface area contributed by atoms with Crippen molar-refractivity contribution in [2.75, 3.05) is 0 Å². The van der Waals surface area contributed by atoms with Crippen LogP contribution < -0.4 is 0 Å². The number of carbonyl (C=O) groups is 1. The van der Waals surface area contributed by atoms with Crippen LogP contribution in [0.3, 0.4) is 0 Å². The molecule has 4 nitrogen and oxygen atoms in total. The average Bonchev–Trinajstić information content (AvgIpc) is 2.51. The average molecular weight is 313 g/mol. The topological polar surface area (TPSA) is 71.4 Å². The summed E-state index contributed by atoms with van der Waals surface area (Å²) in [5.74, 6) is -1.35. The lowest BCUT2D eigenvalue weighted by Gasteiger charge is -2.18. The third-order valence-corrected chi connectivity index (χ3v) is 6.51. The zero-order valence-electron chi connectivity index (χ0n) is 8.02. The summed E-state index contributed by atoms with van der Waals surface area (Å²) in [6.45, 7) is 2.36. The van der Waals surface area contributed by atoms with Gasteiger partial charge in [-0.05, 0) is 41.9 Å². The van der Waals surface area contributed by atoms with Gasteiger partial charge in [-0.15, -0.1) is 11.3 Å². The highest BCUT2D eigenvalue weighted by molar-refractivity contribution is 9.11. The monoisotopic (exact) mass is 312 g/mol. The highest BCUT2D eigenvalue weighted by atomic mass is 79.9. The van der Waals surface area contributed by atoms with Crippen LogP contribution in [0.2, 0.25) is 0 Å². The second-order valence-corrected chi connectivity index (χ2v) is 8.57. The fraction of sp³-hybridized carbons (Fsp3) is 0.375. The van der Waals surface area contributed by atoms with Crippen LogP contribution in [-0.2, 0) is 14.6 Å². The van der Waals surface area contributed by atoms with E-state index in [1.807, 2.05) is 0 Å². The smallest absolute Gasteiger partial charge is 0.324 e. The van der Waals surface area contributed by atoms with Crippen LogP contribution >= 0.6 is 27.3 Å². The molecule has 0 atom stereocenters. The molecule has 1 aromatic heterocycles. The van der Waals surface area contributed by atoms with Gasteiger partial charge < -0.3 is 5.11 Å². The third kappa shape index (κ3) is 2.09. The standard InChI is InChI=1S/C8H9BrO4S2/c1-8(2,7(10)11)15(12,13)6-4-3-5(9)14-6/h3-4H,1-2H3,(H,10,11). The molecule has 0 amide bonds. The van der Waals surface area contributed by atoms with Crippen LogP contribution in [0.4, 0.5) is 0 Å². The van der Waals surface area contributed by atoms with E-state index in [0.717, 1.165) is 11.3 Å². The maximum atomic E-state index is 11.9. The van der Waals surface area contributed by atoms with Crippen molar-refractivity contribution in [1.82, 2.24) is 0 Å². The van der Waals surface area contributed by atoms with Crippen molar-refractivity contribution >= 4 is 43.1 Å². The lowest BCUT2D eigenvalue weighted by molar-refractivity contribution is -0.139. The number of carboxylic acids is 1. The van der Waals surface area contributed by atoms with E-state index in [1.54, 1.807) is 6.07 Å². The van der Waals surface area contributed by atoms with E-state index in [2.05, 4.69) is 15.9 Å². The van der Waals surface area contributed by atoms with Gasteiger partial charge >= 0.3 is 5.97 Å². The Bertz CT molecular complexity index is 486. The van der Waals surface area contributed by atoms with Crippen molar-refractivity contribution in [2.24, 2.45) is 0 Å². The predicted octanol–water partition coefficient (Wildman–Crippen LogP) is 2.15. The van der Waals surface area contributed by atoms with Crippen molar-refractivity contribution in [1.29, 1.82) is 0 Å². The number of hydrogen-bond acceptors (Lipinski definition) is 4. The molecule has 0 spiro atoms. The van der Waals surface area contributed by atoms with Crippen LogP contribution in [0, 0.1) is 0 Å². The molecule has 0 fully saturated rings. The molecule has 7 heteroatoms. The van der Waals surface area contributed by atoms with Gasteiger partial charge in [0.1, 0.15) is 4.21 Å². The molecule has 1 rings (SSSR count). The molecule has 0 bridgehead atoms. The first-order valence-corrected chi connectivity index (χ1v) is 7.02. The summed E-state index contributed by atoms with van der Waals surface area (Å²) in [5, 5.41) is 8.86. The zero-order valence-corrected chi connectivity index (χ0v) is 11.2. The van der Waals surface area contributed by atoms with E-state index in [4.69, 9.17) is 5.11 Å². The normalized spacial score (nSPS) is 12.7. The number of carboxylic acid groups (broad SMARTS) is 1. The maximum Gasteiger partial charge on any atom is 0.324 e. The van der Waals surface area contributed by atoms with Crippen LogP contribution in [0.15, 0.2) is 20.1 Å². The Kier molecular flexibility index (Phi) is 3.27. The minimum absolute atomic E-state index is 0.0572. The van der Waals surface area contributed by atoms with Crippen molar-refractivity contribution in [3.8, 4) is 0 Å². The van der Waals surface area contributed by atoms with Crippen molar-refractivity contribution < 1.29 is 18.3 Å². The summed E-state index contributed by atoms with van der Waals surface area (Å²) in [5.41, 5.74) is 0. The van der Waals surface area contributed by atoms with E-state index >= 15 is 0 Å². The molecule has 1 N–H and O–H groups in total. The Morgan fingerprint density at radius 1 is 1.47 bits per heavy atom. The summed E-state index contributed by atoms with van der Waals surface area (Å²) in [6, 6.07) is 2.98. The van der Waals surface area contributed by atoms with Crippen LogP contribution in [0.5, 0.6) is 0 Å². The first-order chi connectivity index (χ1) is 6.69. The molecule has 0 radical (unpaired) electrons. The lowest BCUT2D eigenvalue weighted by atomic mass is 10.2. The van der Waals surface area contributed by atoms with Crippen molar-refractivity contribution in [2.45, 2.75) is 22.8 Å². The molecule has 0 saturated carbocycles. The fourth-order valence-corrected chi connectivity index (χ4v) is 4.56.